The lowest BCUT2D eigenvalue weighted by atomic mass is 9.94. The van der Waals surface area contributed by atoms with Gasteiger partial charge in [0.25, 0.3) is 0 Å². The highest BCUT2D eigenvalue weighted by Gasteiger charge is 2.13. The molecule has 1 aromatic carbocycles. The van der Waals surface area contributed by atoms with E-state index in [2.05, 4.69) is 34.2 Å². The van der Waals surface area contributed by atoms with Gasteiger partial charge in [-0.15, -0.1) is 24.0 Å². The molecule has 31 heavy (non-hydrogen) atoms. The molecule has 0 fully saturated rings. The lowest BCUT2D eigenvalue weighted by molar-refractivity contribution is 0.243. The Kier molecular flexibility index (Phi) is 15.4. The lowest BCUT2D eigenvalue weighted by Gasteiger charge is -2.20. The van der Waals surface area contributed by atoms with Gasteiger partial charge in [0.15, 0.2) is 5.96 Å². The first-order chi connectivity index (χ1) is 14.1. The van der Waals surface area contributed by atoms with E-state index in [1.54, 1.807) is 0 Å². The summed E-state index contributed by atoms with van der Waals surface area (Å²) >= 11 is 0. The quantitative estimate of drug-likeness (QED) is 0.166. The summed E-state index contributed by atoms with van der Waals surface area (Å²) in [6, 6.07) is 7.40. The maximum absolute atomic E-state index is 12.1. The molecule has 0 bridgehead atoms. The Labute approximate surface area is 206 Å². The minimum atomic E-state index is -3.32. The third-order valence-corrected chi connectivity index (χ3v) is 6.00. The number of sulfonamides is 1. The second-order valence-corrected chi connectivity index (χ2v) is 10.2. The predicted molar refractivity (Wildman–Crippen MR) is 140 cm³/mol. The molecule has 1 rings (SSSR count). The van der Waals surface area contributed by atoms with Gasteiger partial charge >= 0.3 is 0 Å². The Morgan fingerprint density at radius 3 is 2.19 bits per heavy atom. The van der Waals surface area contributed by atoms with E-state index in [1.807, 2.05) is 45.0 Å². The largest absolute Gasteiger partial charge is 0.396 e. The van der Waals surface area contributed by atoms with Crippen molar-refractivity contribution in [2.75, 3.05) is 19.7 Å². The van der Waals surface area contributed by atoms with Crippen molar-refractivity contribution in [2.45, 2.75) is 65.8 Å². The Hall–Kier alpha value is -0.910. The van der Waals surface area contributed by atoms with Gasteiger partial charge in [-0.3, -0.25) is 0 Å². The zero-order valence-corrected chi connectivity index (χ0v) is 22.7. The summed E-state index contributed by atoms with van der Waals surface area (Å²) in [5.41, 5.74) is 1.76. The summed E-state index contributed by atoms with van der Waals surface area (Å²) in [5, 5.41) is 15.9. The number of aliphatic hydroxyl groups excluding tert-OH is 1. The first kappa shape index (κ1) is 30.1. The Bertz CT molecular complexity index is 738. The SMILES string of the molecule is CCNC(=NCc1ccc(CS(=O)(=O)NC(C)C)cc1)NCC(CCO)CC(C)C.I. The number of hydrogen-bond acceptors (Lipinski definition) is 4. The minimum absolute atomic E-state index is 0. The van der Waals surface area contributed by atoms with E-state index in [1.165, 1.54) is 0 Å². The summed E-state index contributed by atoms with van der Waals surface area (Å²) in [6.07, 6.45) is 1.84. The number of aliphatic imine (C=N–C) groups is 1. The van der Waals surface area contributed by atoms with Crippen LogP contribution >= 0.6 is 24.0 Å². The minimum Gasteiger partial charge on any atom is -0.396 e. The molecule has 0 aliphatic heterocycles. The van der Waals surface area contributed by atoms with E-state index in [0.717, 1.165) is 43.0 Å². The van der Waals surface area contributed by atoms with E-state index < -0.39 is 10.0 Å². The molecule has 1 atom stereocenters. The number of guanidine groups is 1. The molecule has 0 saturated carbocycles. The number of benzene rings is 1. The van der Waals surface area contributed by atoms with Crippen molar-refractivity contribution in [3.8, 4) is 0 Å². The van der Waals surface area contributed by atoms with Crippen LogP contribution in [-0.2, 0) is 22.3 Å². The normalized spacial score (nSPS) is 13.2. The van der Waals surface area contributed by atoms with Gasteiger partial charge in [0.05, 0.1) is 12.3 Å². The van der Waals surface area contributed by atoms with Crippen LogP contribution < -0.4 is 15.4 Å². The fourth-order valence-electron chi connectivity index (χ4n) is 3.27. The molecule has 9 heteroatoms. The molecule has 0 amide bonds. The van der Waals surface area contributed by atoms with Crippen molar-refractivity contribution in [3.63, 3.8) is 0 Å². The number of aliphatic hydroxyl groups is 1. The standard InChI is InChI=1S/C22H40N4O3S.HI/c1-6-23-22(25-15-21(11-12-27)13-17(2)3)24-14-19-7-9-20(10-8-19)16-30(28,29)26-18(4)5;/h7-10,17-18,21,26-27H,6,11-16H2,1-5H3,(H2,23,24,25);1H. The summed E-state index contributed by atoms with van der Waals surface area (Å²) in [4.78, 5) is 4.64. The molecular formula is C22H41IN4O3S. The number of nitrogens with one attached hydrogen (secondary N) is 3. The average Bonchev–Trinajstić information content (AvgIpc) is 2.63. The maximum atomic E-state index is 12.1. The van der Waals surface area contributed by atoms with Crippen LogP contribution in [0.5, 0.6) is 0 Å². The summed E-state index contributed by atoms with van der Waals surface area (Å²) < 4.78 is 26.7. The molecule has 0 aromatic heterocycles. The van der Waals surface area contributed by atoms with Crippen LogP contribution in [0.4, 0.5) is 0 Å². The topological polar surface area (TPSA) is 103 Å². The smallest absolute Gasteiger partial charge is 0.216 e. The van der Waals surface area contributed by atoms with Gasteiger partial charge in [-0.25, -0.2) is 18.1 Å². The molecular weight excluding hydrogens is 527 g/mol. The van der Waals surface area contributed by atoms with Gasteiger partial charge < -0.3 is 15.7 Å². The number of rotatable bonds is 13. The summed E-state index contributed by atoms with van der Waals surface area (Å²) in [6.45, 7) is 12.3. The van der Waals surface area contributed by atoms with E-state index in [4.69, 9.17) is 0 Å². The van der Waals surface area contributed by atoms with Crippen molar-refractivity contribution in [1.82, 2.24) is 15.4 Å². The van der Waals surface area contributed by atoms with Gasteiger partial charge in [0, 0.05) is 25.7 Å². The van der Waals surface area contributed by atoms with Crippen LogP contribution in [0.1, 0.15) is 58.6 Å². The third-order valence-electron chi connectivity index (χ3n) is 4.46. The monoisotopic (exact) mass is 568 g/mol. The van der Waals surface area contributed by atoms with Crippen LogP contribution in [-0.4, -0.2) is 45.2 Å². The van der Waals surface area contributed by atoms with Crippen LogP contribution in [0.3, 0.4) is 0 Å². The number of hydrogen-bond donors (Lipinski definition) is 4. The van der Waals surface area contributed by atoms with Crippen molar-refractivity contribution in [3.05, 3.63) is 35.4 Å². The van der Waals surface area contributed by atoms with Gasteiger partial charge in [-0.05, 0) is 56.6 Å². The van der Waals surface area contributed by atoms with Crippen LogP contribution in [0.2, 0.25) is 0 Å². The highest BCUT2D eigenvalue weighted by molar-refractivity contribution is 14.0. The maximum Gasteiger partial charge on any atom is 0.216 e. The van der Waals surface area contributed by atoms with Crippen LogP contribution in [0.15, 0.2) is 29.3 Å². The highest BCUT2D eigenvalue weighted by atomic mass is 127. The predicted octanol–water partition coefficient (Wildman–Crippen LogP) is 3.23. The van der Waals surface area contributed by atoms with Crippen LogP contribution in [0.25, 0.3) is 0 Å². The first-order valence-electron chi connectivity index (χ1n) is 10.9. The molecule has 1 aromatic rings. The molecule has 7 nitrogen and oxygen atoms in total. The molecule has 0 aliphatic carbocycles. The fourth-order valence-corrected chi connectivity index (χ4v) is 4.70. The molecule has 4 N–H and O–H groups in total. The van der Waals surface area contributed by atoms with Crippen molar-refractivity contribution < 1.29 is 13.5 Å². The van der Waals surface area contributed by atoms with E-state index in [9.17, 15) is 13.5 Å². The zero-order chi connectivity index (χ0) is 22.6. The summed E-state index contributed by atoms with van der Waals surface area (Å²) in [7, 11) is -3.32. The van der Waals surface area contributed by atoms with E-state index in [-0.39, 0.29) is 42.4 Å². The fraction of sp³-hybridized carbons (Fsp3) is 0.682. The van der Waals surface area contributed by atoms with E-state index >= 15 is 0 Å². The highest BCUT2D eigenvalue weighted by Crippen LogP contribution is 2.14. The van der Waals surface area contributed by atoms with Crippen molar-refractivity contribution in [2.24, 2.45) is 16.8 Å². The molecule has 0 saturated heterocycles. The third kappa shape index (κ3) is 14.0. The Morgan fingerprint density at radius 1 is 1.06 bits per heavy atom. The van der Waals surface area contributed by atoms with Crippen LogP contribution in [0, 0.1) is 11.8 Å². The molecule has 0 spiro atoms. The first-order valence-corrected chi connectivity index (χ1v) is 12.5. The van der Waals surface area contributed by atoms with E-state index in [0.29, 0.717) is 18.4 Å². The molecule has 180 valence electrons. The summed E-state index contributed by atoms with van der Waals surface area (Å²) in [5.74, 6) is 1.71. The van der Waals surface area contributed by atoms with Gasteiger partial charge in [-0.2, -0.15) is 0 Å². The Balaban J connectivity index is 0.00000900. The Morgan fingerprint density at radius 2 is 1.68 bits per heavy atom. The van der Waals surface area contributed by atoms with Gasteiger partial charge in [0.2, 0.25) is 10.0 Å². The van der Waals surface area contributed by atoms with Gasteiger partial charge in [0.1, 0.15) is 0 Å². The molecule has 0 radical (unpaired) electrons. The number of nitrogens with zero attached hydrogens (tertiary/aromatic N) is 1. The average molecular weight is 569 g/mol. The van der Waals surface area contributed by atoms with Crippen molar-refractivity contribution in [1.29, 1.82) is 0 Å². The second kappa shape index (κ2) is 15.8. The molecule has 1 unspecified atom stereocenters. The molecule has 0 aliphatic rings. The zero-order valence-electron chi connectivity index (χ0n) is 19.5. The number of halogens is 1. The van der Waals surface area contributed by atoms with Gasteiger partial charge in [-0.1, -0.05) is 38.1 Å². The second-order valence-electron chi connectivity index (χ2n) is 8.43. The molecule has 0 heterocycles. The van der Waals surface area contributed by atoms with Crippen molar-refractivity contribution >= 4 is 40.0 Å². The lowest BCUT2D eigenvalue weighted by Crippen LogP contribution is -2.40.